The molecule has 2 heterocycles. The van der Waals surface area contributed by atoms with Crippen LogP contribution in [-0.4, -0.2) is 68.6 Å². The van der Waals surface area contributed by atoms with Crippen molar-refractivity contribution in [3.63, 3.8) is 0 Å². The lowest BCUT2D eigenvalue weighted by Crippen LogP contribution is -2.63. The first-order chi connectivity index (χ1) is 19.6. The van der Waals surface area contributed by atoms with Gasteiger partial charge in [0.1, 0.15) is 12.2 Å². The molecule has 0 N–H and O–H groups in total. The fourth-order valence-corrected chi connectivity index (χ4v) is 8.41. The highest BCUT2D eigenvalue weighted by Crippen LogP contribution is 2.43. The first-order valence-electron chi connectivity index (χ1n) is 16.9. The van der Waals surface area contributed by atoms with Crippen LogP contribution in [-0.2, 0) is 28.7 Å². The molecule has 0 aromatic carbocycles. The molecule has 0 aromatic rings. The Labute approximate surface area is 255 Å². The van der Waals surface area contributed by atoms with Crippen LogP contribution in [0.1, 0.15) is 158 Å². The number of ether oxygens (including phenoxy) is 2. The van der Waals surface area contributed by atoms with Crippen LogP contribution in [0.4, 0.5) is 0 Å². The van der Waals surface area contributed by atoms with Crippen LogP contribution in [0.5, 0.6) is 0 Å². The van der Waals surface area contributed by atoms with E-state index in [0.29, 0.717) is 25.7 Å². The van der Waals surface area contributed by atoms with Gasteiger partial charge < -0.3 is 9.47 Å². The summed E-state index contributed by atoms with van der Waals surface area (Å²) in [5.41, 5.74) is -1.06. The maximum absolute atomic E-state index is 12.9. The lowest BCUT2D eigenvalue weighted by atomic mass is 9.80. The van der Waals surface area contributed by atoms with Gasteiger partial charge in [0.2, 0.25) is 0 Å². The fourth-order valence-electron chi connectivity index (χ4n) is 8.41. The molecule has 0 bridgehead atoms. The average Bonchev–Trinajstić information content (AvgIpc) is 2.87. The summed E-state index contributed by atoms with van der Waals surface area (Å²) in [5, 5.41) is 4.35. The van der Waals surface area contributed by atoms with E-state index in [1.807, 2.05) is 0 Å². The summed E-state index contributed by atoms with van der Waals surface area (Å²) in [7, 11) is 0. The Morgan fingerprint density at radius 3 is 1.07 bits per heavy atom. The molecule has 0 unspecified atom stereocenters. The van der Waals surface area contributed by atoms with Crippen molar-refractivity contribution in [2.24, 2.45) is 0 Å². The third-order valence-corrected chi connectivity index (χ3v) is 9.85. The van der Waals surface area contributed by atoms with E-state index in [2.05, 4.69) is 65.5 Å². The third kappa shape index (κ3) is 8.70. The van der Waals surface area contributed by atoms with Gasteiger partial charge in [0.25, 0.3) is 0 Å². The lowest BCUT2D eigenvalue weighted by Gasteiger charge is -2.54. The lowest BCUT2D eigenvalue weighted by molar-refractivity contribution is -0.318. The van der Waals surface area contributed by atoms with Gasteiger partial charge in [-0.1, -0.05) is 38.5 Å². The van der Waals surface area contributed by atoms with Gasteiger partial charge in [-0.05, 0) is 81.1 Å². The monoisotopic (exact) mass is 592 g/mol. The molecule has 4 fully saturated rings. The van der Waals surface area contributed by atoms with Crippen molar-refractivity contribution in [1.29, 1.82) is 0 Å². The van der Waals surface area contributed by atoms with E-state index < -0.39 is 0 Å². The van der Waals surface area contributed by atoms with E-state index in [0.717, 1.165) is 25.7 Å². The molecule has 0 atom stereocenters. The summed E-state index contributed by atoms with van der Waals surface area (Å²) < 4.78 is 11.9. The summed E-state index contributed by atoms with van der Waals surface area (Å²) in [6.07, 6.45) is 14.9. The Balaban J connectivity index is 1.23. The van der Waals surface area contributed by atoms with Gasteiger partial charge in [-0.25, -0.2) is 0 Å². The minimum atomic E-state index is -0.332. The number of hydrogen-bond acceptors (Lipinski definition) is 8. The molecule has 2 saturated heterocycles. The van der Waals surface area contributed by atoms with Crippen LogP contribution in [0.15, 0.2) is 0 Å². The zero-order valence-electron chi connectivity index (χ0n) is 28.0. The van der Waals surface area contributed by atoms with Gasteiger partial charge in [0.05, 0.1) is 25.0 Å². The molecule has 4 aliphatic rings. The topological polar surface area (TPSA) is 77.5 Å². The molecule has 4 rings (SSSR count). The Kier molecular flexibility index (Phi) is 10.8. The van der Waals surface area contributed by atoms with E-state index in [-0.39, 0.29) is 71.4 Å². The summed E-state index contributed by atoms with van der Waals surface area (Å²) in [6.45, 7) is 17.4. The Morgan fingerprint density at radius 1 is 0.500 bits per heavy atom. The normalized spacial score (nSPS) is 27.9. The second-order valence-corrected chi connectivity index (χ2v) is 16.1. The second-order valence-electron chi connectivity index (χ2n) is 16.1. The number of carbonyl (C=O) groups is 2. The molecule has 0 spiro atoms. The van der Waals surface area contributed by atoms with Crippen molar-refractivity contribution < 1.29 is 28.7 Å². The number of piperidine rings is 2. The van der Waals surface area contributed by atoms with Crippen LogP contribution in [0, 0.1) is 0 Å². The predicted octanol–water partition coefficient (Wildman–Crippen LogP) is 7.42. The molecule has 8 nitrogen and oxygen atoms in total. The summed E-state index contributed by atoms with van der Waals surface area (Å²) in [5.74, 6) is -0.664. The van der Waals surface area contributed by atoms with Crippen molar-refractivity contribution in [3.8, 4) is 0 Å². The Bertz CT molecular complexity index is 809. The molecule has 0 radical (unpaired) electrons. The SMILES string of the molecule is CC1(C)CC(OC(=O)CCC(=O)OC2CC(C)(C)N(OC3CCCCC3)C(C)(C)C2)CC(C)(C)N1OC1CCCCC1. The van der Waals surface area contributed by atoms with Crippen molar-refractivity contribution >= 4 is 11.9 Å². The second kappa shape index (κ2) is 13.4. The smallest absolute Gasteiger partial charge is 0.306 e. The molecule has 2 saturated carbocycles. The fraction of sp³-hybridized carbons (Fsp3) is 0.941. The number of hydroxylamine groups is 4. The highest BCUT2D eigenvalue weighted by Gasteiger charge is 2.50. The standard InChI is InChI=1S/C34H60N2O6/c1-31(2)21-27(22-32(3,4)35(31)41-25-15-11-9-12-16-25)39-29(37)19-20-30(38)40-28-23-33(5,6)36(34(7,8)24-28)42-26-17-13-10-14-18-26/h25-28H,9-24H2,1-8H3. The highest BCUT2D eigenvalue weighted by atomic mass is 16.7. The van der Waals surface area contributed by atoms with Gasteiger partial charge in [-0.2, -0.15) is 10.1 Å². The summed E-state index contributed by atoms with van der Waals surface area (Å²) >= 11 is 0. The molecular weight excluding hydrogens is 532 g/mol. The van der Waals surface area contributed by atoms with E-state index >= 15 is 0 Å². The predicted molar refractivity (Wildman–Crippen MR) is 163 cm³/mol. The minimum Gasteiger partial charge on any atom is -0.462 e. The quantitative estimate of drug-likeness (QED) is 0.256. The van der Waals surface area contributed by atoms with Crippen LogP contribution < -0.4 is 0 Å². The molecule has 2 aliphatic heterocycles. The van der Waals surface area contributed by atoms with Gasteiger partial charge in [-0.3, -0.25) is 19.3 Å². The van der Waals surface area contributed by atoms with Crippen molar-refractivity contribution in [3.05, 3.63) is 0 Å². The van der Waals surface area contributed by atoms with Crippen molar-refractivity contribution in [2.45, 2.75) is 205 Å². The Morgan fingerprint density at radius 2 is 0.786 bits per heavy atom. The van der Waals surface area contributed by atoms with Crippen LogP contribution in [0.25, 0.3) is 0 Å². The van der Waals surface area contributed by atoms with Crippen LogP contribution >= 0.6 is 0 Å². The van der Waals surface area contributed by atoms with Gasteiger partial charge in [-0.15, -0.1) is 0 Å². The summed E-state index contributed by atoms with van der Waals surface area (Å²) in [6, 6.07) is 0. The van der Waals surface area contributed by atoms with Crippen molar-refractivity contribution in [2.75, 3.05) is 0 Å². The van der Waals surface area contributed by atoms with Crippen molar-refractivity contribution in [1.82, 2.24) is 10.1 Å². The zero-order valence-corrected chi connectivity index (χ0v) is 28.0. The molecule has 242 valence electrons. The van der Waals surface area contributed by atoms with E-state index in [1.165, 1.54) is 38.5 Å². The van der Waals surface area contributed by atoms with Gasteiger partial charge >= 0.3 is 11.9 Å². The number of carbonyl (C=O) groups excluding carboxylic acids is 2. The zero-order chi connectivity index (χ0) is 30.8. The largest absolute Gasteiger partial charge is 0.462 e. The minimum absolute atomic E-state index is 0.0366. The van der Waals surface area contributed by atoms with Gasteiger partial charge in [0.15, 0.2) is 0 Å². The van der Waals surface area contributed by atoms with E-state index in [4.69, 9.17) is 19.1 Å². The molecule has 8 heteroatoms. The molecule has 0 aromatic heterocycles. The van der Waals surface area contributed by atoms with E-state index in [1.54, 1.807) is 0 Å². The van der Waals surface area contributed by atoms with Crippen LogP contribution in [0.2, 0.25) is 0 Å². The first-order valence-corrected chi connectivity index (χ1v) is 16.9. The molecule has 42 heavy (non-hydrogen) atoms. The van der Waals surface area contributed by atoms with Gasteiger partial charge in [0, 0.05) is 47.8 Å². The molecule has 2 aliphatic carbocycles. The molecular formula is C34H60N2O6. The van der Waals surface area contributed by atoms with Crippen LogP contribution in [0.3, 0.4) is 0 Å². The number of nitrogens with zero attached hydrogens (tertiary/aromatic N) is 2. The number of rotatable bonds is 9. The average molecular weight is 593 g/mol. The Hall–Kier alpha value is -1.22. The third-order valence-electron chi connectivity index (χ3n) is 9.85. The number of esters is 2. The number of hydrogen-bond donors (Lipinski definition) is 0. The molecule has 0 amide bonds. The first kappa shape index (κ1) is 33.7. The highest BCUT2D eigenvalue weighted by molar-refractivity contribution is 5.77. The summed E-state index contributed by atoms with van der Waals surface area (Å²) in [4.78, 5) is 38.9. The maximum Gasteiger partial charge on any atom is 0.306 e. The maximum atomic E-state index is 12.9. The van der Waals surface area contributed by atoms with E-state index in [9.17, 15) is 9.59 Å².